The topological polar surface area (TPSA) is 125 Å². The molecule has 1 amide bonds. The van der Waals surface area contributed by atoms with Gasteiger partial charge in [-0.1, -0.05) is 25.5 Å². The van der Waals surface area contributed by atoms with Crippen molar-refractivity contribution in [2.75, 3.05) is 18.6 Å². The van der Waals surface area contributed by atoms with Crippen molar-refractivity contribution in [1.29, 1.82) is 0 Å². The van der Waals surface area contributed by atoms with Crippen LogP contribution in [0.15, 0.2) is 36.0 Å². The molecule has 0 aliphatic heterocycles. The first kappa shape index (κ1) is 27.5. The van der Waals surface area contributed by atoms with E-state index in [0.717, 1.165) is 42.0 Å². The van der Waals surface area contributed by atoms with E-state index in [1.807, 2.05) is 48.3 Å². The normalized spacial score (nSPS) is 36.1. The number of amides is 1. The number of carboxylic acid groups (broad SMARTS) is 1. The van der Waals surface area contributed by atoms with Gasteiger partial charge in [0.25, 0.3) is 5.91 Å². The maximum absolute atomic E-state index is 12.7. The Bertz CT molecular complexity index is 1390. The van der Waals surface area contributed by atoms with E-state index in [0.29, 0.717) is 24.9 Å². The maximum Gasteiger partial charge on any atom is 0.336 e. The van der Waals surface area contributed by atoms with Crippen LogP contribution in [0.5, 0.6) is 0 Å². The Kier molecular flexibility index (Phi) is 6.71. The van der Waals surface area contributed by atoms with Gasteiger partial charge in [0.1, 0.15) is 0 Å². The van der Waals surface area contributed by atoms with E-state index in [4.69, 9.17) is 5.10 Å². The van der Waals surface area contributed by atoms with Gasteiger partial charge in [-0.3, -0.25) is 4.79 Å². The number of carboxylic acids is 1. The lowest BCUT2D eigenvalue weighted by Crippen LogP contribution is -2.61. The van der Waals surface area contributed by atoms with E-state index in [9.17, 15) is 24.9 Å². The number of aliphatic hydroxyl groups excluding tert-OH is 1. The number of hydrogen-bond donors (Lipinski definition) is 4. The SMILES string of the molecule is CSCCNC(=O)c1cccc(-n2ncc3c2C=C2CC[C@@H]4[C@H]([C@@H](O)C[C@@]5(C)[C@H]4CC[C@]5(O)C(=O)O)[C@@]2(C)C3)c1. The van der Waals surface area contributed by atoms with Crippen molar-refractivity contribution in [3.63, 3.8) is 0 Å². The molecule has 1 aromatic heterocycles. The summed E-state index contributed by atoms with van der Waals surface area (Å²) >= 11 is 1.69. The summed E-state index contributed by atoms with van der Waals surface area (Å²) in [6, 6.07) is 7.54. The molecule has 0 radical (unpaired) electrons. The standard InChI is InChI=1S/C31H39N3O5S/c1-29-15-19-17-33-34(21-6-4-5-18(13-21)27(36)32-11-12-40-3)24(19)14-20(29)7-8-22-23-9-10-31(39,28(37)38)30(23,2)16-25(35)26(22)29/h4-6,13-14,17,22-23,25-26,35,39H,7-12,15-16H2,1-3H3,(H,32,36)(H,37,38)/t22-,23-,25-,26+,29-,30-,31-/m0/s1. The molecule has 1 heterocycles. The summed E-state index contributed by atoms with van der Waals surface area (Å²) < 4.78 is 1.91. The van der Waals surface area contributed by atoms with Gasteiger partial charge >= 0.3 is 5.97 Å². The van der Waals surface area contributed by atoms with Gasteiger partial charge in [0.05, 0.1) is 23.7 Å². The van der Waals surface area contributed by atoms with Crippen LogP contribution in [0.4, 0.5) is 0 Å². The number of hydrogen-bond acceptors (Lipinski definition) is 6. The monoisotopic (exact) mass is 565 g/mol. The molecule has 0 spiro atoms. The fourth-order valence-corrected chi connectivity index (χ4v) is 9.20. The van der Waals surface area contributed by atoms with Crippen LogP contribution in [0, 0.1) is 28.6 Å². The minimum atomic E-state index is -1.79. The molecule has 9 heteroatoms. The van der Waals surface area contributed by atoms with Crippen LogP contribution in [0.25, 0.3) is 11.8 Å². The second kappa shape index (κ2) is 9.74. The molecule has 4 N–H and O–H groups in total. The number of nitrogens with one attached hydrogen (secondary N) is 1. The van der Waals surface area contributed by atoms with Gasteiger partial charge < -0.3 is 20.6 Å². The van der Waals surface area contributed by atoms with Crippen molar-refractivity contribution in [2.24, 2.45) is 28.6 Å². The second-order valence-electron chi connectivity index (χ2n) is 12.8. The number of carbonyl (C=O) groups excluding carboxylic acids is 1. The number of fused-ring (bicyclic) bond motifs is 6. The largest absolute Gasteiger partial charge is 0.479 e. The van der Waals surface area contributed by atoms with Crippen LogP contribution in [0.1, 0.15) is 67.6 Å². The molecule has 3 saturated carbocycles. The van der Waals surface area contributed by atoms with Gasteiger partial charge in [0.2, 0.25) is 0 Å². The van der Waals surface area contributed by atoms with Gasteiger partial charge in [-0.05, 0) is 97.8 Å². The summed E-state index contributed by atoms with van der Waals surface area (Å²) in [5.74, 6) is -0.187. The molecule has 214 valence electrons. The molecular weight excluding hydrogens is 526 g/mol. The lowest BCUT2D eigenvalue weighted by atomic mass is 9.45. The van der Waals surface area contributed by atoms with Crippen molar-refractivity contribution in [1.82, 2.24) is 15.1 Å². The zero-order valence-electron chi connectivity index (χ0n) is 23.4. The first-order valence-corrected chi connectivity index (χ1v) is 15.7. The molecule has 0 saturated heterocycles. The van der Waals surface area contributed by atoms with Crippen LogP contribution in [0.2, 0.25) is 0 Å². The Balaban J connectivity index is 1.30. The van der Waals surface area contributed by atoms with Crippen LogP contribution in [-0.4, -0.2) is 67.2 Å². The summed E-state index contributed by atoms with van der Waals surface area (Å²) in [4.78, 5) is 24.8. The molecule has 7 atom stereocenters. The smallest absolute Gasteiger partial charge is 0.336 e. The highest BCUT2D eigenvalue weighted by Crippen LogP contribution is 2.67. The Morgan fingerprint density at radius 3 is 2.80 bits per heavy atom. The average molecular weight is 566 g/mol. The average Bonchev–Trinajstić information content (AvgIpc) is 3.44. The van der Waals surface area contributed by atoms with E-state index >= 15 is 0 Å². The lowest BCUT2D eigenvalue weighted by molar-refractivity contribution is -0.193. The van der Waals surface area contributed by atoms with Crippen LogP contribution in [-0.2, 0) is 11.2 Å². The van der Waals surface area contributed by atoms with Crippen molar-refractivity contribution in [2.45, 2.75) is 64.1 Å². The summed E-state index contributed by atoms with van der Waals surface area (Å²) in [6.45, 7) is 4.75. The van der Waals surface area contributed by atoms with Gasteiger partial charge in [-0.15, -0.1) is 0 Å². The molecule has 3 fully saturated rings. The quantitative estimate of drug-likeness (QED) is 0.391. The third-order valence-corrected chi connectivity index (χ3v) is 11.5. The number of rotatable bonds is 6. The third-order valence-electron chi connectivity index (χ3n) is 10.9. The van der Waals surface area contributed by atoms with Crippen LogP contribution < -0.4 is 5.32 Å². The number of allylic oxidation sites excluding steroid dienone is 1. The number of benzene rings is 1. The maximum atomic E-state index is 12.7. The molecule has 0 unspecified atom stereocenters. The summed E-state index contributed by atoms with van der Waals surface area (Å²) in [7, 11) is 0. The molecule has 4 aliphatic rings. The molecule has 8 nitrogen and oxygen atoms in total. The predicted molar refractivity (Wildman–Crippen MR) is 154 cm³/mol. The van der Waals surface area contributed by atoms with E-state index < -0.39 is 23.1 Å². The molecule has 6 rings (SSSR count). The van der Waals surface area contributed by atoms with E-state index in [2.05, 4.69) is 18.3 Å². The van der Waals surface area contributed by atoms with E-state index in [-0.39, 0.29) is 35.5 Å². The van der Waals surface area contributed by atoms with E-state index in [1.54, 1.807) is 11.8 Å². The first-order chi connectivity index (χ1) is 19.0. The van der Waals surface area contributed by atoms with Gasteiger partial charge in [0, 0.05) is 23.3 Å². The number of carbonyl (C=O) groups is 2. The van der Waals surface area contributed by atoms with Gasteiger partial charge in [-0.25, -0.2) is 9.48 Å². The molecule has 1 aromatic carbocycles. The zero-order valence-corrected chi connectivity index (χ0v) is 24.2. The third kappa shape index (κ3) is 3.91. The molecular formula is C31H39N3O5S. The van der Waals surface area contributed by atoms with Crippen molar-refractivity contribution >= 4 is 29.7 Å². The summed E-state index contributed by atoms with van der Waals surface area (Å²) in [6.07, 6.45) is 9.14. The van der Waals surface area contributed by atoms with Gasteiger partial charge in [0.15, 0.2) is 5.60 Å². The minimum absolute atomic E-state index is 0.00784. The summed E-state index contributed by atoms with van der Waals surface area (Å²) in [5.41, 5.74) is 1.95. The van der Waals surface area contributed by atoms with Crippen LogP contribution >= 0.6 is 11.8 Å². The van der Waals surface area contributed by atoms with Crippen molar-refractivity contribution < 1.29 is 24.9 Å². The zero-order chi connectivity index (χ0) is 28.4. The number of aliphatic carboxylic acids is 1. The summed E-state index contributed by atoms with van der Waals surface area (Å²) in [5, 5.41) is 40.5. The highest BCUT2D eigenvalue weighted by atomic mass is 32.2. The number of aromatic nitrogens is 2. The Hall–Kier alpha value is -2.62. The lowest BCUT2D eigenvalue weighted by Gasteiger charge is -2.60. The molecule has 2 aromatic rings. The number of aliphatic hydroxyl groups is 2. The fraction of sp³-hybridized carbons (Fsp3) is 0.581. The Labute approximate surface area is 239 Å². The molecule has 40 heavy (non-hydrogen) atoms. The number of thioether (sulfide) groups is 1. The number of nitrogens with zero attached hydrogens (tertiary/aromatic N) is 2. The fourth-order valence-electron chi connectivity index (χ4n) is 8.89. The molecule has 0 bridgehead atoms. The minimum Gasteiger partial charge on any atom is -0.479 e. The highest BCUT2D eigenvalue weighted by molar-refractivity contribution is 7.98. The van der Waals surface area contributed by atoms with Crippen LogP contribution in [0.3, 0.4) is 0 Å². The highest BCUT2D eigenvalue weighted by Gasteiger charge is 2.68. The van der Waals surface area contributed by atoms with E-state index in [1.165, 1.54) is 5.57 Å². The molecule has 4 aliphatic carbocycles. The second-order valence-corrected chi connectivity index (χ2v) is 13.7. The first-order valence-electron chi connectivity index (χ1n) is 14.3. The van der Waals surface area contributed by atoms with Crippen molar-refractivity contribution in [3.8, 4) is 5.69 Å². The van der Waals surface area contributed by atoms with Gasteiger partial charge in [-0.2, -0.15) is 16.9 Å². The Morgan fingerprint density at radius 2 is 2.05 bits per heavy atom. The van der Waals surface area contributed by atoms with Crippen molar-refractivity contribution in [3.05, 3.63) is 52.9 Å². The Morgan fingerprint density at radius 1 is 1.25 bits per heavy atom. The predicted octanol–water partition coefficient (Wildman–Crippen LogP) is 3.93.